The number of nitrogens with two attached hydrogens (primary N) is 1. The van der Waals surface area contributed by atoms with Gasteiger partial charge >= 0.3 is 0 Å². The summed E-state index contributed by atoms with van der Waals surface area (Å²) < 4.78 is 5.55. The molecule has 0 unspecified atom stereocenters. The maximum atomic E-state index is 12.3. The summed E-state index contributed by atoms with van der Waals surface area (Å²) in [6, 6.07) is 23.1. The van der Waals surface area contributed by atoms with E-state index in [1.165, 1.54) is 0 Å². The highest BCUT2D eigenvalue weighted by Crippen LogP contribution is 2.18. The van der Waals surface area contributed by atoms with Crippen LogP contribution >= 0.6 is 0 Å². The van der Waals surface area contributed by atoms with Gasteiger partial charge in [0.25, 0.3) is 5.91 Å². The lowest BCUT2D eigenvalue weighted by molar-refractivity contribution is -0.678. The van der Waals surface area contributed by atoms with Crippen LogP contribution in [0.1, 0.15) is 22.9 Å². The Morgan fingerprint density at radius 3 is 2.50 bits per heavy atom. The average molecular weight is 346 g/mol. The standard InChI is InChI=1S/C21H19N3O2/c22-13-12-16-8-10-18(11-9-16)24-20(25)15-23-21(19-7-4-14-26-19)17-5-2-1-3-6-17/h1-11,14,21,23H,12,15H2,(H,24,25)/p+1/t21-/m0/s1. The molecule has 5 nitrogen and oxygen atoms in total. The first-order valence-corrected chi connectivity index (χ1v) is 8.43. The maximum Gasteiger partial charge on any atom is 0.279 e. The van der Waals surface area contributed by atoms with Crippen LogP contribution in [0.4, 0.5) is 5.69 Å². The number of amides is 1. The Kier molecular flexibility index (Phi) is 5.81. The lowest BCUT2D eigenvalue weighted by Gasteiger charge is -2.14. The molecule has 0 bridgehead atoms. The Morgan fingerprint density at radius 1 is 1.08 bits per heavy atom. The second kappa shape index (κ2) is 8.65. The predicted octanol–water partition coefficient (Wildman–Crippen LogP) is 2.64. The van der Waals surface area contributed by atoms with E-state index < -0.39 is 0 Å². The second-order valence-electron chi connectivity index (χ2n) is 5.92. The number of hydrogen-bond acceptors (Lipinski definition) is 3. The summed E-state index contributed by atoms with van der Waals surface area (Å²) >= 11 is 0. The van der Waals surface area contributed by atoms with Gasteiger partial charge in [0, 0.05) is 11.3 Å². The molecule has 0 aliphatic heterocycles. The van der Waals surface area contributed by atoms with Crippen LogP contribution < -0.4 is 10.6 Å². The Hall–Kier alpha value is -3.36. The highest BCUT2D eigenvalue weighted by atomic mass is 16.3. The first-order valence-electron chi connectivity index (χ1n) is 8.43. The van der Waals surface area contributed by atoms with Crippen LogP contribution in [0.2, 0.25) is 0 Å². The van der Waals surface area contributed by atoms with Crippen molar-refractivity contribution < 1.29 is 14.5 Å². The number of nitriles is 1. The summed E-state index contributed by atoms with van der Waals surface area (Å²) in [5.74, 6) is 0.718. The molecule has 3 rings (SSSR count). The van der Waals surface area contributed by atoms with Gasteiger partial charge in [0.15, 0.2) is 18.3 Å². The van der Waals surface area contributed by atoms with E-state index in [0.29, 0.717) is 6.42 Å². The van der Waals surface area contributed by atoms with E-state index in [-0.39, 0.29) is 18.5 Å². The first kappa shape index (κ1) is 17.5. The monoisotopic (exact) mass is 346 g/mol. The number of hydrogen-bond donors (Lipinski definition) is 2. The minimum Gasteiger partial charge on any atom is -0.463 e. The number of nitrogens with zero attached hydrogens (tertiary/aromatic N) is 1. The average Bonchev–Trinajstić information content (AvgIpc) is 3.19. The fourth-order valence-corrected chi connectivity index (χ4v) is 2.78. The maximum absolute atomic E-state index is 12.3. The topological polar surface area (TPSA) is 82.6 Å². The third kappa shape index (κ3) is 4.59. The number of carbonyl (C=O) groups is 1. The molecule has 26 heavy (non-hydrogen) atoms. The van der Waals surface area contributed by atoms with Gasteiger partial charge in [0.1, 0.15) is 0 Å². The van der Waals surface area contributed by atoms with Crippen LogP contribution in [-0.4, -0.2) is 12.5 Å². The molecule has 0 saturated heterocycles. The van der Waals surface area contributed by atoms with Crippen LogP contribution in [0.3, 0.4) is 0 Å². The Balaban J connectivity index is 1.62. The number of furan rings is 1. The molecule has 5 heteroatoms. The van der Waals surface area contributed by atoms with Gasteiger partial charge in [-0.1, -0.05) is 42.5 Å². The number of nitrogens with one attached hydrogen (secondary N) is 1. The summed E-state index contributed by atoms with van der Waals surface area (Å²) in [7, 11) is 0. The van der Waals surface area contributed by atoms with Crippen molar-refractivity contribution in [1.82, 2.24) is 0 Å². The second-order valence-corrected chi connectivity index (χ2v) is 5.92. The largest absolute Gasteiger partial charge is 0.463 e. The molecule has 0 saturated carbocycles. The van der Waals surface area contributed by atoms with E-state index in [9.17, 15) is 4.79 Å². The number of carbonyl (C=O) groups excluding carboxylic acids is 1. The van der Waals surface area contributed by atoms with Crippen molar-refractivity contribution >= 4 is 11.6 Å². The molecule has 1 amide bonds. The highest BCUT2D eigenvalue weighted by molar-refractivity contribution is 5.91. The smallest absolute Gasteiger partial charge is 0.279 e. The Bertz CT molecular complexity index is 866. The Morgan fingerprint density at radius 2 is 1.85 bits per heavy atom. The van der Waals surface area contributed by atoms with Crippen molar-refractivity contribution in [2.24, 2.45) is 0 Å². The fraction of sp³-hybridized carbons (Fsp3) is 0.143. The number of rotatable bonds is 7. The predicted molar refractivity (Wildman–Crippen MR) is 98.2 cm³/mol. The zero-order chi connectivity index (χ0) is 18.2. The normalized spacial score (nSPS) is 11.5. The quantitative estimate of drug-likeness (QED) is 0.690. The van der Waals surface area contributed by atoms with E-state index in [4.69, 9.17) is 9.68 Å². The SMILES string of the molecule is N#CCc1ccc(NC(=O)C[NH2+][C@@H](c2ccccc2)c2ccco2)cc1. The van der Waals surface area contributed by atoms with Crippen LogP contribution in [0.25, 0.3) is 0 Å². The van der Waals surface area contributed by atoms with Crippen molar-refractivity contribution in [3.05, 3.63) is 89.9 Å². The highest BCUT2D eigenvalue weighted by Gasteiger charge is 2.21. The van der Waals surface area contributed by atoms with E-state index >= 15 is 0 Å². The summed E-state index contributed by atoms with van der Waals surface area (Å²) in [6.07, 6.45) is 2.01. The molecule has 1 aromatic heterocycles. The number of benzene rings is 2. The Labute approximate surface area is 152 Å². The van der Waals surface area contributed by atoms with Crippen LogP contribution in [0, 0.1) is 11.3 Å². The molecule has 0 aliphatic rings. The van der Waals surface area contributed by atoms with Crippen molar-refractivity contribution in [3.63, 3.8) is 0 Å². The molecule has 1 atom stereocenters. The molecule has 0 aliphatic carbocycles. The molecule has 3 aromatic rings. The molecule has 0 spiro atoms. The first-order chi connectivity index (χ1) is 12.8. The van der Waals surface area contributed by atoms with Gasteiger partial charge < -0.3 is 15.1 Å². The van der Waals surface area contributed by atoms with Gasteiger partial charge in [-0.3, -0.25) is 4.79 Å². The van der Waals surface area contributed by atoms with Gasteiger partial charge in [-0.25, -0.2) is 0 Å². The zero-order valence-corrected chi connectivity index (χ0v) is 14.3. The van der Waals surface area contributed by atoms with Crippen molar-refractivity contribution in [1.29, 1.82) is 5.26 Å². The summed E-state index contributed by atoms with van der Waals surface area (Å²) in [4.78, 5) is 12.3. The minimum atomic E-state index is -0.0921. The third-order valence-electron chi connectivity index (χ3n) is 4.07. The molecule has 130 valence electrons. The summed E-state index contributed by atoms with van der Waals surface area (Å²) in [5.41, 5.74) is 2.73. The molecular formula is C21H20N3O2+. The summed E-state index contributed by atoms with van der Waals surface area (Å²) in [5, 5.41) is 13.5. The van der Waals surface area contributed by atoms with Crippen LogP contribution in [0.5, 0.6) is 0 Å². The van der Waals surface area contributed by atoms with Crippen LogP contribution in [0.15, 0.2) is 77.4 Å². The lowest BCUT2D eigenvalue weighted by Crippen LogP contribution is -2.87. The number of quaternary nitrogens is 1. The number of anilines is 1. The lowest BCUT2D eigenvalue weighted by atomic mass is 10.0. The fourth-order valence-electron chi connectivity index (χ4n) is 2.78. The molecule has 1 heterocycles. The minimum absolute atomic E-state index is 0.0741. The van der Waals surface area contributed by atoms with Gasteiger partial charge in [0.05, 0.1) is 18.8 Å². The van der Waals surface area contributed by atoms with Crippen molar-refractivity contribution in [3.8, 4) is 6.07 Å². The van der Waals surface area contributed by atoms with Crippen LogP contribution in [-0.2, 0) is 11.2 Å². The van der Waals surface area contributed by atoms with Gasteiger partial charge in [-0.2, -0.15) is 5.26 Å². The van der Waals surface area contributed by atoms with Crippen molar-refractivity contribution in [2.75, 3.05) is 11.9 Å². The van der Waals surface area contributed by atoms with Gasteiger partial charge in [-0.15, -0.1) is 0 Å². The van der Waals surface area contributed by atoms with Gasteiger partial charge in [0.2, 0.25) is 0 Å². The van der Waals surface area contributed by atoms with Crippen molar-refractivity contribution in [2.45, 2.75) is 12.5 Å². The molecule has 2 aromatic carbocycles. The van der Waals surface area contributed by atoms with E-state index in [2.05, 4.69) is 11.4 Å². The molecule has 0 radical (unpaired) electrons. The molecule has 3 N–H and O–H groups in total. The molecular weight excluding hydrogens is 326 g/mol. The molecule has 0 fully saturated rings. The van der Waals surface area contributed by atoms with Gasteiger partial charge in [-0.05, 0) is 29.8 Å². The van der Waals surface area contributed by atoms with E-state index in [0.717, 1.165) is 22.6 Å². The zero-order valence-electron chi connectivity index (χ0n) is 14.3. The third-order valence-corrected chi connectivity index (χ3v) is 4.07. The van der Waals surface area contributed by atoms with E-state index in [1.807, 2.05) is 72.0 Å². The van der Waals surface area contributed by atoms with E-state index in [1.54, 1.807) is 6.26 Å². The summed E-state index contributed by atoms with van der Waals surface area (Å²) in [6.45, 7) is 0.264.